The summed E-state index contributed by atoms with van der Waals surface area (Å²) in [4.78, 5) is 25.6. The Kier molecular flexibility index (Phi) is 5.42. The quantitative estimate of drug-likeness (QED) is 0.473. The third-order valence-corrected chi connectivity index (χ3v) is 5.70. The van der Waals surface area contributed by atoms with Crippen molar-refractivity contribution in [2.24, 2.45) is 0 Å². The number of anilines is 1. The molecule has 6 nitrogen and oxygen atoms in total. The molecular weight excluding hydrogens is 400 g/mol. The smallest absolute Gasteiger partial charge is 0.219 e. The minimum absolute atomic E-state index is 0.121. The average molecular weight is 425 g/mol. The maximum Gasteiger partial charge on any atom is 0.219 e. The summed E-state index contributed by atoms with van der Waals surface area (Å²) in [7, 11) is 0. The van der Waals surface area contributed by atoms with Gasteiger partial charge in [-0.1, -0.05) is 30.3 Å². The third kappa shape index (κ3) is 4.12. The van der Waals surface area contributed by atoms with E-state index < -0.39 is 0 Å². The fourth-order valence-electron chi connectivity index (χ4n) is 3.96. The van der Waals surface area contributed by atoms with Crippen molar-refractivity contribution in [2.75, 3.05) is 31.1 Å². The lowest BCUT2D eigenvalue weighted by molar-refractivity contribution is -0.129. The molecule has 0 atom stereocenters. The first-order valence-electron chi connectivity index (χ1n) is 10.8. The molecule has 0 spiro atoms. The van der Waals surface area contributed by atoms with E-state index in [1.54, 1.807) is 6.92 Å². The minimum Gasteiger partial charge on any atom is -0.457 e. The van der Waals surface area contributed by atoms with E-state index in [0.29, 0.717) is 18.9 Å². The van der Waals surface area contributed by atoms with Crippen LogP contribution >= 0.6 is 0 Å². The normalized spacial score (nSPS) is 13.9. The van der Waals surface area contributed by atoms with Gasteiger partial charge in [-0.2, -0.15) is 0 Å². The average Bonchev–Trinajstić information content (AvgIpc) is 2.84. The van der Waals surface area contributed by atoms with Gasteiger partial charge in [-0.15, -0.1) is 0 Å². The monoisotopic (exact) mass is 424 g/mol. The first kappa shape index (κ1) is 20.0. The lowest BCUT2D eigenvalue weighted by Gasteiger charge is -2.35. The molecule has 0 radical (unpaired) electrons. The predicted molar refractivity (Wildman–Crippen MR) is 126 cm³/mol. The van der Waals surface area contributed by atoms with Gasteiger partial charge in [-0.3, -0.25) is 4.79 Å². The van der Waals surface area contributed by atoms with Crippen molar-refractivity contribution >= 4 is 22.6 Å². The van der Waals surface area contributed by atoms with E-state index in [9.17, 15) is 4.79 Å². The van der Waals surface area contributed by atoms with Gasteiger partial charge in [-0.05, 0) is 48.5 Å². The number of hydrogen-bond donors (Lipinski definition) is 0. The van der Waals surface area contributed by atoms with Crippen molar-refractivity contribution in [3.63, 3.8) is 0 Å². The fourth-order valence-corrected chi connectivity index (χ4v) is 3.96. The molecule has 2 heterocycles. The van der Waals surface area contributed by atoms with Crippen molar-refractivity contribution < 1.29 is 9.53 Å². The van der Waals surface area contributed by atoms with Crippen LogP contribution in [0.1, 0.15) is 6.92 Å². The zero-order chi connectivity index (χ0) is 21.9. The van der Waals surface area contributed by atoms with Crippen LogP contribution in [0.5, 0.6) is 11.5 Å². The molecule has 0 N–H and O–H groups in total. The van der Waals surface area contributed by atoms with Crippen molar-refractivity contribution in [3.05, 3.63) is 78.9 Å². The molecule has 0 aliphatic carbocycles. The van der Waals surface area contributed by atoms with Gasteiger partial charge in [0, 0.05) is 44.1 Å². The van der Waals surface area contributed by atoms with E-state index in [-0.39, 0.29) is 5.91 Å². The predicted octanol–water partition coefficient (Wildman–Crippen LogP) is 4.76. The van der Waals surface area contributed by atoms with Gasteiger partial charge >= 0.3 is 0 Å². The Labute approximate surface area is 187 Å². The van der Waals surface area contributed by atoms with E-state index in [1.165, 1.54) is 0 Å². The Balaban J connectivity index is 1.45. The minimum atomic E-state index is 0.121. The number of carbonyl (C=O) groups excluding carboxylic acids is 1. The van der Waals surface area contributed by atoms with Crippen LogP contribution in [0.15, 0.2) is 78.9 Å². The van der Waals surface area contributed by atoms with Gasteiger partial charge in [0.1, 0.15) is 17.3 Å². The van der Waals surface area contributed by atoms with Crippen molar-refractivity contribution in [1.29, 1.82) is 0 Å². The van der Waals surface area contributed by atoms with E-state index in [1.807, 2.05) is 77.7 Å². The summed E-state index contributed by atoms with van der Waals surface area (Å²) in [6, 6.07) is 25.6. The Morgan fingerprint density at radius 3 is 2.16 bits per heavy atom. The molecule has 1 aliphatic rings. The molecule has 1 aromatic heterocycles. The molecule has 3 aromatic carbocycles. The lowest BCUT2D eigenvalue weighted by atomic mass is 10.1. The SMILES string of the molecule is CC(=O)N1CCN(c2nc(-c3ccc(Oc4ccccc4)cc3)nc3ccccc23)CC1. The number of carbonyl (C=O) groups is 1. The van der Waals surface area contributed by atoms with Gasteiger partial charge < -0.3 is 14.5 Å². The number of benzene rings is 3. The molecule has 1 saturated heterocycles. The van der Waals surface area contributed by atoms with Crippen LogP contribution in [0.4, 0.5) is 5.82 Å². The molecule has 1 fully saturated rings. The van der Waals surface area contributed by atoms with E-state index in [4.69, 9.17) is 14.7 Å². The van der Waals surface area contributed by atoms with E-state index >= 15 is 0 Å². The highest BCUT2D eigenvalue weighted by Gasteiger charge is 2.22. The molecule has 6 heteroatoms. The summed E-state index contributed by atoms with van der Waals surface area (Å²) in [5, 5.41) is 1.02. The number of amides is 1. The van der Waals surface area contributed by atoms with Gasteiger partial charge in [0.05, 0.1) is 5.52 Å². The number of aromatic nitrogens is 2. The Morgan fingerprint density at radius 2 is 1.44 bits per heavy atom. The van der Waals surface area contributed by atoms with Crippen molar-refractivity contribution in [3.8, 4) is 22.9 Å². The second-order valence-electron chi connectivity index (χ2n) is 7.82. The number of para-hydroxylation sites is 2. The zero-order valence-corrected chi connectivity index (χ0v) is 17.9. The summed E-state index contributed by atoms with van der Waals surface area (Å²) >= 11 is 0. The topological polar surface area (TPSA) is 58.6 Å². The van der Waals surface area contributed by atoms with Gasteiger partial charge in [0.25, 0.3) is 0 Å². The molecule has 0 unspecified atom stereocenters. The van der Waals surface area contributed by atoms with Gasteiger partial charge in [-0.25, -0.2) is 9.97 Å². The molecule has 0 bridgehead atoms. The number of piperazine rings is 1. The lowest BCUT2D eigenvalue weighted by Crippen LogP contribution is -2.48. The maximum atomic E-state index is 11.7. The summed E-state index contributed by atoms with van der Waals surface area (Å²) in [6.45, 7) is 4.54. The van der Waals surface area contributed by atoms with Crippen LogP contribution in [-0.4, -0.2) is 47.0 Å². The highest BCUT2D eigenvalue weighted by atomic mass is 16.5. The van der Waals surface area contributed by atoms with Crippen LogP contribution in [0, 0.1) is 0 Å². The fraction of sp³-hybridized carbons (Fsp3) is 0.192. The highest BCUT2D eigenvalue weighted by Crippen LogP contribution is 2.30. The molecule has 160 valence electrons. The zero-order valence-electron chi connectivity index (χ0n) is 17.9. The number of fused-ring (bicyclic) bond motifs is 1. The highest BCUT2D eigenvalue weighted by molar-refractivity contribution is 5.91. The van der Waals surface area contributed by atoms with E-state index in [2.05, 4.69) is 11.0 Å². The summed E-state index contributed by atoms with van der Waals surface area (Å²) in [5.41, 5.74) is 1.84. The second-order valence-corrected chi connectivity index (χ2v) is 7.82. The van der Waals surface area contributed by atoms with Crippen LogP contribution in [-0.2, 0) is 4.79 Å². The molecule has 1 aliphatic heterocycles. The maximum absolute atomic E-state index is 11.7. The molecule has 4 aromatic rings. The molecule has 32 heavy (non-hydrogen) atoms. The van der Waals surface area contributed by atoms with E-state index in [0.717, 1.165) is 46.9 Å². The Bertz CT molecular complexity index is 1230. The first-order chi connectivity index (χ1) is 15.7. The molecular formula is C26H24N4O2. The largest absolute Gasteiger partial charge is 0.457 e. The Hall–Kier alpha value is -3.93. The van der Waals surface area contributed by atoms with Gasteiger partial charge in [0.15, 0.2) is 5.82 Å². The number of hydrogen-bond acceptors (Lipinski definition) is 5. The van der Waals surface area contributed by atoms with Crippen molar-refractivity contribution in [1.82, 2.24) is 14.9 Å². The van der Waals surface area contributed by atoms with Crippen LogP contribution in [0.2, 0.25) is 0 Å². The van der Waals surface area contributed by atoms with Crippen molar-refractivity contribution in [2.45, 2.75) is 6.92 Å². The standard InChI is InChI=1S/C26H24N4O2/c1-19(31)29-15-17-30(18-16-29)26-23-9-5-6-10-24(23)27-25(28-26)20-11-13-22(14-12-20)32-21-7-3-2-4-8-21/h2-14H,15-18H2,1H3. The molecule has 0 saturated carbocycles. The first-order valence-corrected chi connectivity index (χ1v) is 10.8. The Morgan fingerprint density at radius 1 is 0.781 bits per heavy atom. The number of nitrogens with zero attached hydrogens (tertiary/aromatic N) is 4. The number of rotatable bonds is 4. The van der Waals surface area contributed by atoms with Crippen LogP contribution in [0.25, 0.3) is 22.3 Å². The van der Waals surface area contributed by atoms with Crippen LogP contribution < -0.4 is 9.64 Å². The summed E-state index contributed by atoms with van der Waals surface area (Å²) < 4.78 is 5.91. The second kappa shape index (κ2) is 8.67. The molecule has 5 rings (SSSR count). The third-order valence-electron chi connectivity index (χ3n) is 5.70. The van der Waals surface area contributed by atoms with Crippen LogP contribution in [0.3, 0.4) is 0 Å². The molecule has 1 amide bonds. The number of ether oxygens (including phenoxy) is 1. The van der Waals surface area contributed by atoms with Gasteiger partial charge in [0.2, 0.25) is 5.91 Å². The summed E-state index contributed by atoms with van der Waals surface area (Å²) in [5.74, 6) is 3.28. The summed E-state index contributed by atoms with van der Waals surface area (Å²) in [6.07, 6.45) is 0.